The molecular weight excluding hydrogens is 595 g/mol. The van der Waals surface area contributed by atoms with Crippen LogP contribution in [0.3, 0.4) is 0 Å². The number of thiophene rings is 1. The minimum Gasteiger partial charge on any atom is -0.310 e. The van der Waals surface area contributed by atoms with Gasteiger partial charge in [0, 0.05) is 47.0 Å². The van der Waals surface area contributed by atoms with E-state index in [1.807, 2.05) is 23.1 Å². The molecule has 0 N–H and O–H groups in total. The maximum Gasteiger partial charge on any atom is 0.0735 e. The number of para-hydroxylation sites is 2. The van der Waals surface area contributed by atoms with Gasteiger partial charge in [0.05, 0.1) is 5.41 Å². The van der Waals surface area contributed by atoms with Gasteiger partial charge in [-0.2, -0.15) is 0 Å². The Kier molecular flexibility index (Phi) is 5.66. The average molecular weight is 622 g/mol. The van der Waals surface area contributed by atoms with Gasteiger partial charge in [-0.25, -0.2) is 0 Å². The standard InChI is InChI=1S/C43H27NS2/c1-3-13-28(14-4-1)44(29-15-5-2-6-16-29)30-23-25-37-40(27-30)46-42-38(26-24-34-33-19-9-12-22-39(33)45-41(34)42)43(37)35-20-10-7-17-31(35)32-18-8-11-21-36(32)43/h1-27H. The average Bonchev–Trinajstić information content (AvgIpc) is 3.64. The molecular formula is C43H27NS2. The first-order chi connectivity index (χ1) is 22.8. The van der Waals surface area contributed by atoms with Gasteiger partial charge in [0.25, 0.3) is 0 Å². The van der Waals surface area contributed by atoms with Crippen LogP contribution in [0.25, 0.3) is 31.3 Å². The predicted molar refractivity (Wildman–Crippen MR) is 195 cm³/mol. The maximum atomic E-state index is 2.43. The molecule has 1 aromatic heterocycles. The van der Waals surface area contributed by atoms with Crippen LogP contribution >= 0.6 is 23.1 Å². The molecule has 0 bridgehead atoms. The lowest BCUT2D eigenvalue weighted by Gasteiger charge is -2.40. The van der Waals surface area contributed by atoms with E-state index in [0.717, 1.165) is 17.1 Å². The summed E-state index contributed by atoms with van der Waals surface area (Å²) in [5.74, 6) is 0. The van der Waals surface area contributed by atoms with Crippen molar-refractivity contribution in [2.24, 2.45) is 0 Å². The third-order valence-electron chi connectivity index (χ3n) is 9.73. The first kappa shape index (κ1) is 26.2. The van der Waals surface area contributed by atoms with Crippen molar-refractivity contribution in [1.29, 1.82) is 0 Å². The van der Waals surface area contributed by atoms with Crippen molar-refractivity contribution in [2.75, 3.05) is 4.90 Å². The van der Waals surface area contributed by atoms with E-state index in [-0.39, 0.29) is 0 Å². The van der Waals surface area contributed by atoms with Crippen LogP contribution in [0.2, 0.25) is 0 Å². The van der Waals surface area contributed by atoms with Gasteiger partial charge in [0.2, 0.25) is 0 Å². The predicted octanol–water partition coefficient (Wildman–Crippen LogP) is 12.4. The van der Waals surface area contributed by atoms with Gasteiger partial charge in [-0.3, -0.25) is 0 Å². The molecule has 1 spiro atoms. The van der Waals surface area contributed by atoms with Crippen molar-refractivity contribution in [3.63, 3.8) is 0 Å². The fourth-order valence-electron chi connectivity index (χ4n) is 7.88. The lowest BCUT2D eigenvalue weighted by Crippen LogP contribution is -2.32. The van der Waals surface area contributed by atoms with Gasteiger partial charge >= 0.3 is 0 Å². The number of nitrogens with zero attached hydrogens (tertiary/aromatic N) is 1. The molecule has 10 rings (SSSR count). The second-order valence-electron chi connectivity index (χ2n) is 12.0. The molecule has 216 valence electrons. The van der Waals surface area contributed by atoms with Crippen LogP contribution < -0.4 is 4.90 Å². The minimum absolute atomic E-state index is 0.406. The molecule has 1 nitrogen and oxygen atoms in total. The Morgan fingerprint density at radius 1 is 0.435 bits per heavy atom. The lowest BCUT2D eigenvalue weighted by atomic mass is 9.67. The summed E-state index contributed by atoms with van der Waals surface area (Å²) in [4.78, 5) is 5.05. The van der Waals surface area contributed by atoms with Crippen LogP contribution in [0.4, 0.5) is 17.1 Å². The fourth-order valence-corrected chi connectivity index (χ4v) is 10.5. The molecule has 7 aromatic carbocycles. The number of fused-ring (bicyclic) bond motifs is 13. The fraction of sp³-hybridized carbons (Fsp3) is 0.0233. The first-order valence-corrected chi connectivity index (χ1v) is 17.3. The van der Waals surface area contributed by atoms with Gasteiger partial charge in [-0.05, 0) is 75.8 Å². The molecule has 1 aliphatic heterocycles. The molecule has 0 unspecified atom stereocenters. The molecule has 0 radical (unpaired) electrons. The van der Waals surface area contributed by atoms with Gasteiger partial charge in [-0.1, -0.05) is 133 Å². The Balaban J connectivity index is 1.30. The van der Waals surface area contributed by atoms with Gasteiger partial charge in [-0.15, -0.1) is 11.3 Å². The van der Waals surface area contributed by atoms with E-state index in [1.165, 1.54) is 63.3 Å². The van der Waals surface area contributed by atoms with Crippen LogP contribution in [0.5, 0.6) is 0 Å². The molecule has 2 heterocycles. The molecule has 0 amide bonds. The Morgan fingerprint density at radius 2 is 1.02 bits per heavy atom. The highest BCUT2D eigenvalue weighted by Gasteiger charge is 2.50. The summed E-state index contributed by atoms with van der Waals surface area (Å²) < 4.78 is 2.72. The molecule has 46 heavy (non-hydrogen) atoms. The van der Waals surface area contributed by atoms with Gasteiger partial charge in [0.1, 0.15) is 0 Å². The highest BCUT2D eigenvalue weighted by molar-refractivity contribution is 8.00. The quantitative estimate of drug-likeness (QED) is 0.193. The van der Waals surface area contributed by atoms with E-state index in [4.69, 9.17) is 0 Å². The van der Waals surface area contributed by atoms with Gasteiger partial charge in [0.15, 0.2) is 0 Å². The van der Waals surface area contributed by atoms with Crippen LogP contribution in [0.1, 0.15) is 22.3 Å². The van der Waals surface area contributed by atoms with E-state index < -0.39 is 5.41 Å². The molecule has 8 aromatic rings. The van der Waals surface area contributed by atoms with E-state index in [9.17, 15) is 0 Å². The summed E-state index contributed by atoms with van der Waals surface area (Å²) in [6.45, 7) is 0. The van der Waals surface area contributed by atoms with Crippen LogP contribution in [-0.4, -0.2) is 0 Å². The van der Waals surface area contributed by atoms with Crippen molar-refractivity contribution in [3.8, 4) is 11.1 Å². The van der Waals surface area contributed by atoms with E-state index in [0.29, 0.717) is 0 Å². The number of anilines is 3. The van der Waals surface area contributed by atoms with Crippen LogP contribution in [-0.2, 0) is 5.41 Å². The van der Waals surface area contributed by atoms with Crippen LogP contribution in [0, 0.1) is 0 Å². The zero-order chi connectivity index (χ0) is 30.2. The molecule has 1 aliphatic carbocycles. The largest absolute Gasteiger partial charge is 0.310 e. The lowest BCUT2D eigenvalue weighted by molar-refractivity contribution is 0.726. The van der Waals surface area contributed by atoms with Crippen molar-refractivity contribution in [3.05, 3.63) is 186 Å². The molecule has 2 aliphatic rings. The highest BCUT2D eigenvalue weighted by Crippen LogP contribution is 2.64. The van der Waals surface area contributed by atoms with E-state index in [1.54, 1.807) is 0 Å². The highest BCUT2D eigenvalue weighted by atomic mass is 32.2. The van der Waals surface area contributed by atoms with Crippen LogP contribution in [0.15, 0.2) is 174 Å². The first-order valence-electron chi connectivity index (χ1n) is 15.7. The van der Waals surface area contributed by atoms with Crippen molar-refractivity contribution >= 4 is 60.3 Å². The maximum absolute atomic E-state index is 2.43. The summed E-state index contributed by atoms with van der Waals surface area (Å²) in [6, 6.07) is 60.4. The smallest absolute Gasteiger partial charge is 0.0735 e. The van der Waals surface area contributed by atoms with E-state index in [2.05, 4.69) is 169 Å². The Labute approximate surface area is 276 Å². The Morgan fingerprint density at radius 3 is 1.72 bits per heavy atom. The summed E-state index contributed by atoms with van der Waals surface area (Å²) in [5.41, 5.74) is 11.2. The summed E-state index contributed by atoms with van der Waals surface area (Å²) in [7, 11) is 0. The molecule has 0 fully saturated rings. The SMILES string of the molecule is c1ccc(N(c2ccccc2)c2ccc3c(c2)Sc2c(ccc4c2sc2ccccc24)C32c3ccccc3-c3ccccc32)cc1. The third kappa shape index (κ3) is 3.53. The second-order valence-corrected chi connectivity index (χ2v) is 14.2. The summed E-state index contributed by atoms with van der Waals surface area (Å²) in [6.07, 6.45) is 0. The Bertz CT molecular complexity index is 2370. The monoisotopic (exact) mass is 621 g/mol. The van der Waals surface area contributed by atoms with Gasteiger partial charge < -0.3 is 4.90 Å². The minimum atomic E-state index is -0.406. The Hall–Kier alpha value is -5.09. The molecule has 0 saturated heterocycles. The van der Waals surface area contributed by atoms with Crippen molar-refractivity contribution in [2.45, 2.75) is 15.2 Å². The summed E-state index contributed by atoms with van der Waals surface area (Å²) in [5, 5.41) is 2.68. The number of rotatable bonds is 3. The number of hydrogen-bond acceptors (Lipinski definition) is 3. The van der Waals surface area contributed by atoms with Crippen molar-refractivity contribution in [1.82, 2.24) is 0 Å². The topological polar surface area (TPSA) is 3.24 Å². The van der Waals surface area contributed by atoms with E-state index >= 15 is 0 Å². The molecule has 0 saturated carbocycles. The number of benzene rings is 7. The summed E-state index contributed by atoms with van der Waals surface area (Å²) >= 11 is 3.87. The molecule has 0 atom stereocenters. The second kappa shape index (κ2) is 9.95. The zero-order valence-corrected chi connectivity index (χ0v) is 26.5. The molecule has 3 heteroatoms. The normalized spacial score (nSPS) is 13.7. The number of hydrogen-bond donors (Lipinski definition) is 0. The third-order valence-corrected chi connectivity index (χ3v) is 12.2. The zero-order valence-electron chi connectivity index (χ0n) is 24.9. The van der Waals surface area contributed by atoms with Crippen molar-refractivity contribution < 1.29 is 0 Å².